The van der Waals surface area contributed by atoms with E-state index in [-0.39, 0.29) is 11.1 Å². The highest BCUT2D eigenvalue weighted by Gasteiger charge is 1.95. The minimum atomic E-state index is 0.167. The van der Waals surface area contributed by atoms with Crippen LogP contribution in [0.2, 0.25) is 0 Å². The van der Waals surface area contributed by atoms with Crippen molar-refractivity contribution in [3.8, 4) is 0 Å². The molecule has 1 saturated carbocycles. The summed E-state index contributed by atoms with van der Waals surface area (Å²) in [6, 6.07) is 0. The molecule has 1 nitrogen and oxygen atoms in total. The zero-order valence-electron chi connectivity index (χ0n) is 8.61. The molecule has 0 aliphatic heterocycles. The summed E-state index contributed by atoms with van der Waals surface area (Å²) in [5.74, 6) is 0.167. The molecule has 1 fully saturated rings. The Bertz CT molecular complexity index is 85.6. The van der Waals surface area contributed by atoms with Crippen LogP contribution in [0.3, 0.4) is 0 Å². The summed E-state index contributed by atoms with van der Waals surface area (Å²) in [5.41, 5.74) is 0. The van der Waals surface area contributed by atoms with E-state index in [4.69, 9.17) is 23.2 Å². The smallest absolute Gasteiger partial charge is 0.126 e. The number of carbonyl (C=O) groups is 1. The van der Waals surface area contributed by atoms with Crippen molar-refractivity contribution >= 4 is 29.0 Å². The van der Waals surface area contributed by atoms with Crippen LogP contribution in [-0.4, -0.2) is 11.1 Å². The first-order valence-electron chi connectivity index (χ1n) is 4.74. The number of halogens is 2. The lowest BCUT2D eigenvalue weighted by Gasteiger charge is -2.05. The van der Waals surface area contributed by atoms with Crippen LogP contribution in [0.1, 0.15) is 52.4 Å². The first-order chi connectivity index (χ1) is 6.15. The maximum Gasteiger partial charge on any atom is 0.126 e. The number of hydrogen-bond acceptors (Lipinski definition) is 1. The fourth-order valence-electron chi connectivity index (χ4n) is 1.06. The Labute approximate surface area is 91.8 Å². The Balaban J connectivity index is 0. The van der Waals surface area contributed by atoms with E-state index in [2.05, 4.69) is 0 Å². The van der Waals surface area contributed by atoms with Crippen molar-refractivity contribution < 1.29 is 4.79 Å². The predicted molar refractivity (Wildman–Crippen MR) is 60.6 cm³/mol. The van der Waals surface area contributed by atoms with Gasteiger partial charge in [0.15, 0.2) is 0 Å². The maximum atomic E-state index is 9.44. The quantitative estimate of drug-likeness (QED) is 0.562. The van der Waals surface area contributed by atoms with Gasteiger partial charge in [-0.2, -0.15) is 0 Å². The van der Waals surface area contributed by atoms with Crippen LogP contribution in [0.5, 0.6) is 0 Å². The van der Waals surface area contributed by atoms with E-state index in [1.807, 2.05) is 0 Å². The monoisotopic (exact) mass is 226 g/mol. The third-order valence-corrected chi connectivity index (χ3v) is 1.50. The first kappa shape index (κ1) is 15.7. The number of hydrogen-bond donors (Lipinski definition) is 0. The van der Waals surface area contributed by atoms with Crippen LogP contribution in [0.15, 0.2) is 0 Å². The Morgan fingerprint density at radius 3 is 1.08 bits per heavy atom. The molecule has 1 aliphatic carbocycles. The lowest BCUT2D eigenvalue weighted by molar-refractivity contribution is -0.114. The molecule has 1 aliphatic rings. The van der Waals surface area contributed by atoms with Crippen molar-refractivity contribution in [2.24, 2.45) is 0 Å². The lowest BCUT2D eigenvalue weighted by Crippen LogP contribution is -1.85. The second-order valence-corrected chi connectivity index (χ2v) is 3.94. The molecule has 1 rings (SSSR count). The Morgan fingerprint density at radius 2 is 1.00 bits per heavy atom. The van der Waals surface area contributed by atoms with Gasteiger partial charge in [0, 0.05) is 0 Å². The molecule has 13 heavy (non-hydrogen) atoms. The summed E-state index contributed by atoms with van der Waals surface area (Å²) in [6.07, 6.45) is 9.00. The van der Waals surface area contributed by atoms with Gasteiger partial charge in [0.1, 0.15) is 5.78 Å². The molecular weight excluding hydrogens is 207 g/mol. The van der Waals surface area contributed by atoms with Crippen molar-refractivity contribution in [3.05, 3.63) is 0 Å². The fraction of sp³-hybridized carbons (Fsp3) is 0.900. The molecule has 0 aromatic rings. The van der Waals surface area contributed by atoms with Crippen molar-refractivity contribution in [3.63, 3.8) is 0 Å². The van der Waals surface area contributed by atoms with E-state index in [1.54, 1.807) is 0 Å². The Hall–Kier alpha value is 0.250. The number of carbonyl (C=O) groups excluding carboxylic acids is 1. The van der Waals surface area contributed by atoms with Gasteiger partial charge in [-0.25, -0.2) is 0 Å². The van der Waals surface area contributed by atoms with E-state index in [0.717, 1.165) is 0 Å². The molecule has 0 radical (unpaired) electrons. The molecule has 0 aromatic carbocycles. The van der Waals surface area contributed by atoms with Gasteiger partial charge in [0.2, 0.25) is 0 Å². The van der Waals surface area contributed by atoms with E-state index in [9.17, 15) is 4.79 Å². The minimum absolute atomic E-state index is 0.167. The highest BCUT2D eigenvalue weighted by Crippen LogP contribution is 2.15. The molecule has 0 aromatic heterocycles. The lowest BCUT2D eigenvalue weighted by atomic mass is 10.0. The average Bonchev–Trinajstić information content (AvgIpc) is 2.08. The molecule has 0 amide bonds. The molecule has 80 valence electrons. The van der Waals surface area contributed by atoms with Crippen LogP contribution in [0.25, 0.3) is 0 Å². The third-order valence-electron chi connectivity index (χ3n) is 1.50. The van der Waals surface area contributed by atoms with Gasteiger partial charge in [-0.15, -0.1) is 23.2 Å². The van der Waals surface area contributed by atoms with Crippen LogP contribution < -0.4 is 0 Å². The highest BCUT2D eigenvalue weighted by molar-refractivity contribution is 6.40. The van der Waals surface area contributed by atoms with E-state index in [0.29, 0.717) is 0 Å². The summed E-state index contributed by atoms with van der Waals surface area (Å²) in [6.45, 7) is 3.06. The average molecular weight is 227 g/mol. The zero-order valence-corrected chi connectivity index (χ0v) is 10.1. The summed E-state index contributed by atoms with van der Waals surface area (Å²) in [7, 11) is 0. The van der Waals surface area contributed by atoms with Crippen molar-refractivity contribution in [1.82, 2.24) is 0 Å². The standard InChI is InChI=1S/C6H12.C3H6O.CH2Cl2/c1-2-4-6-5-3-1;1-3(2)4;2-1-3/h1-6H2;1-2H3;1H2. The number of rotatable bonds is 0. The topological polar surface area (TPSA) is 17.1 Å². The second-order valence-electron chi connectivity index (χ2n) is 3.13. The van der Waals surface area contributed by atoms with Crippen LogP contribution >= 0.6 is 23.2 Å². The van der Waals surface area contributed by atoms with E-state index >= 15 is 0 Å². The molecule has 0 unspecified atom stereocenters. The molecule has 3 heteroatoms. The number of ketones is 1. The van der Waals surface area contributed by atoms with Crippen LogP contribution in [0.4, 0.5) is 0 Å². The summed E-state index contributed by atoms with van der Waals surface area (Å²) in [5, 5.41) is 0.194. The summed E-state index contributed by atoms with van der Waals surface area (Å²) in [4.78, 5) is 9.44. The van der Waals surface area contributed by atoms with Crippen molar-refractivity contribution in [1.29, 1.82) is 0 Å². The van der Waals surface area contributed by atoms with Crippen molar-refractivity contribution in [2.75, 3.05) is 5.34 Å². The normalized spacial score (nSPS) is 14.5. The van der Waals surface area contributed by atoms with Gasteiger partial charge in [0.25, 0.3) is 0 Å². The van der Waals surface area contributed by atoms with Crippen LogP contribution in [-0.2, 0) is 4.79 Å². The first-order valence-corrected chi connectivity index (χ1v) is 5.81. The van der Waals surface area contributed by atoms with Crippen LogP contribution in [0, 0.1) is 0 Å². The summed E-state index contributed by atoms with van der Waals surface area (Å²) >= 11 is 9.53. The largest absolute Gasteiger partial charge is 0.300 e. The van der Waals surface area contributed by atoms with Gasteiger partial charge >= 0.3 is 0 Å². The van der Waals surface area contributed by atoms with E-state index < -0.39 is 0 Å². The van der Waals surface area contributed by atoms with E-state index in [1.165, 1.54) is 52.4 Å². The molecule has 0 atom stereocenters. The molecule has 0 N–H and O–H groups in total. The van der Waals surface area contributed by atoms with Gasteiger partial charge in [-0.1, -0.05) is 38.5 Å². The highest BCUT2D eigenvalue weighted by atomic mass is 35.5. The number of alkyl halides is 2. The van der Waals surface area contributed by atoms with Gasteiger partial charge in [-0.3, -0.25) is 0 Å². The maximum absolute atomic E-state index is 9.44. The zero-order chi connectivity index (χ0) is 10.5. The molecule has 0 spiro atoms. The molecule has 0 bridgehead atoms. The SMILES string of the molecule is C1CCCCC1.CC(C)=O.ClCCl. The molecule has 0 heterocycles. The third kappa shape index (κ3) is 32.9. The Kier molecular flexibility index (Phi) is 17.8. The predicted octanol–water partition coefficient (Wildman–Crippen LogP) is 4.36. The number of Topliss-reactive ketones (excluding diaryl/α,β-unsaturated/α-hetero) is 1. The van der Waals surface area contributed by atoms with Crippen molar-refractivity contribution in [2.45, 2.75) is 52.4 Å². The second kappa shape index (κ2) is 14.8. The van der Waals surface area contributed by atoms with Gasteiger partial charge in [-0.05, 0) is 13.8 Å². The van der Waals surface area contributed by atoms with Gasteiger partial charge < -0.3 is 4.79 Å². The molecule has 0 saturated heterocycles. The summed E-state index contributed by atoms with van der Waals surface area (Å²) < 4.78 is 0. The van der Waals surface area contributed by atoms with Gasteiger partial charge in [0.05, 0.1) is 5.34 Å². The molecular formula is C10H20Cl2O. The fourth-order valence-corrected chi connectivity index (χ4v) is 1.06. The minimum Gasteiger partial charge on any atom is -0.300 e. The Morgan fingerprint density at radius 1 is 0.923 bits per heavy atom.